The van der Waals surface area contributed by atoms with Gasteiger partial charge in [0, 0.05) is 10.8 Å². The molecule has 0 aliphatic rings. The quantitative estimate of drug-likeness (QED) is 0.852. The number of phenolic OH excluding ortho intramolecular Hbond substituents is 1. The molecule has 2 aromatic rings. The second kappa shape index (κ2) is 4.33. The molecule has 0 amide bonds. The smallest absolute Gasteiger partial charge is 0.344 e. The van der Waals surface area contributed by atoms with Gasteiger partial charge < -0.3 is 14.9 Å². The normalized spacial score (nSPS) is 12.3. The molecule has 0 spiro atoms. The molecule has 1 unspecified atom stereocenters. The lowest BCUT2D eigenvalue weighted by Crippen LogP contribution is -2.22. The molecule has 4 heteroatoms. The van der Waals surface area contributed by atoms with Crippen LogP contribution in [-0.2, 0) is 4.79 Å². The van der Waals surface area contributed by atoms with Crippen LogP contribution in [0.3, 0.4) is 0 Å². The van der Waals surface area contributed by atoms with Gasteiger partial charge in [0.25, 0.3) is 0 Å². The zero-order chi connectivity index (χ0) is 12.4. The minimum Gasteiger partial charge on any atom is -0.507 e. The fraction of sp³-hybridized carbons (Fsp3) is 0.154. The highest BCUT2D eigenvalue weighted by Crippen LogP contribution is 2.32. The van der Waals surface area contributed by atoms with Crippen LogP contribution in [0.1, 0.15) is 6.92 Å². The molecule has 0 heterocycles. The molecule has 88 valence electrons. The summed E-state index contributed by atoms with van der Waals surface area (Å²) in [5.74, 6) is -0.425. The fourth-order valence-corrected chi connectivity index (χ4v) is 1.60. The van der Waals surface area contributed by atoms with Gasteiger partial charge in [0.05, 0.1) is 0 Å². The number of aromatic hydroxyl groups is 1. The summed E-state index contributed by atoms with van der Waals surface area (Å²) in [6.07, 6.45) is -0.928. The molecule has 0 fully saturated rings. The van der Waals surface area contributed by atoms with Crippen LogP contribution in [0.2, 0.25) is 0 Å². The van der Waals surface area contributed by atoms with E-state index < -0.39 is 12.1 Å². The Morgan fingerprint density at radius 3 is 2.47 bits per heavy atom. The highest BCUT2D eigenvalue weighted by atomic mass is 16.5. The first-order valence-electron chi connectivity index (χ1n) is 5.20. The molecule has 1 atom stereocenters. The molecule has 0 bridgehead atoms. The number of carbonyl (C=O) groups is 1. The predicted octanol–water partition coefficient (Wildman–Crippen LogP) is 2.40. The van der Waals surface area contributed by atoms with E-state index >= 15 is 0 Å². The summed E-state index contributed by atoms with van der Waals surface area (Å²) in [6, 6.07) is 10.2. The Morgan fingerprint density at radius 2 is 1.82 bits per heavy atom. The number of ether oxygens (including phenoxy) is 1. The minimum atomic E-state index is -1.03. The molecule has 0 aliphatic carbocycles. The fourth-order valence-electron chi connectivity index (χ4n) is 1.60. The van der Waals surface area contributed by atoms with Crippen LogP contribution in [-0.4, -0.2) is 22.3 Å². The van der Waals surface area contributed by atoms with Crippen molar-refractivity contribution in [2.45, 2.75) is 13.0 Å². The Balaban J connectivity index is 2.48. The van der Waals surface area contributed by atoms with E-state index in [0.717, 1.165) is 0 Å². The van der Waals surface area contributed by atoms with Gasteiger partial charge in [0.15, 0.2) is 6.10 Å². The van der Waals surface area contributed by atoms with Gasteiger partial charge in [-0.25, -0.2) is 4.79 Å². The van der Waals surface area contributed by atoms with Crippen LogP contribution in [0, 0.1) is 0 Å². The van der Waals surface area contributed by atoms with E-state index in [1.54, 1.807) is 30.3 Å². The Morgan fingerprint density at radius 1 is 1.18 bits per heavy atom. The van der Waals surface area contributed by atoms with Gasteiger partial charge >= 0.3 is 5.97 Å². The maximum absolute atomic E-state index is 10.7. The number of benzene rings is 2. The zero-order valence-electron chi connectivity index (χ0n) is 9.25. The first-order valence-corrected chi connectivity index (χ1v) is 5.20. The van der Waals surface area contributed by atoms with Gasteiger partial charge in [0.2, 0.25) is 0 Å². The lowest BCUT2D eigenvalue weighted by molar-refractivity contribution is -0.144. The average molecular weight is 232 g/mol. The standard InChI is InChI=1S/C13H12O4/c1-8(13(15)16)17-12-7-6-11(14)9-4-2-3-5-10(9)12/h2-8,14H,1H3,(H,15,16). The number of hydrogen-bond acceptors (Lipinski definition) is 3. The molecular formula is C13H12O4. The molecule has 0 radical (unpaired) electrons. The van der Waals surface area contributed by atoms with Gasteiger partial charge in [-0.3, -0.25) is 0 Å². The van der Waals surface area contributed by atoms with Gasteiger partial charge in [-0.15, -0.1) is 0 Å². The van der Waals surface area contributed by atoms with Crippen molar-refractivity contribution in [3.63, 3.8) is 0 Å². The first-order chi connectivity index (χ1) is 8.09. The van der Waals surface area contributed by atoms with E-state index in [2.05, 4.69) is 0 Å². The number of carboxylic acids is 1. The summed E-state index contributed by atoms with van der Waals surface area (Å²) in [5.41, 5.74) is 0. The average Bonchev–Trinajstić information content (AvgIpc) is 2.33. The highest BCUT2D eigenvalue weighted by Gasteiger charge is 2.14. The molecule has 2 aromatic carbocycles. The van der Waals surface area contributed by atoms with E-state index in [0.29, 0.717) is 16.5 Å². The van der Waals surface area contributed by atoms with Crippen molar-refractivity contribution in [3.8, 4) is 11.5 Å². The van der Waals surface area contributed by atoms with Crippen molar-refractivity contribution in [1.82, 2.24) is 0 Å². The predicted molar refractivity (Wildman–Crippen MR) is 63.3 cm³/mol. The zero-order valence-corrected chi connectivity index (χ0v) is 9.25. The van der Waals surface area contributed by atoms with Crippen molar-refractivity contribution in [2.75, 3.05) is 0 Å². The van der Waals surface area contributed by atoms with Crippen molar-refractivity contribution in [3.05, 3.63) is 36.4 Å². The van der Waals surface area contributed by atoms with Crippen molar-refractivity contribution < 1.29 is 19.7 Å². The third-order valence-corrected chi connectivity index (χ3v) is 2.51. The van der Waals surface area contributed by atoms with E-state index in [-0.39, 0.29) is 5.75 Å². The number of carboxylic acid groups (broad SMARTS) is 1. The topological polar surface area (TPSA) is 66.8 Å². The monoisotopic (exact) mass is 232 g/mol. The van der Waals surface area contributed by atoms with Crippen LogP contribution < -0.4 is 4.74 Å². The molecule has 0 aromatic heterocycles. The third-order valence-electron chi connectivity index (χ3n) is 2.51. The number of phenols is 1. The number of hydrogen-bond donors (Lipinski definition) is 2. The largest absolute Gasteiger partial charge is 0.507 e. The third kappa shape index (κ3) is 2.15. The van der Waals surface area contributed by atoms with Crippen molar-refractivity contribution in [1.29, 1.82) is 0 Å². The molecule has 0 saturated heterocycles. The number of fused-ring (bicyclic) bond motifs is 1. The van der Waals surface area contributed by atoms with E-state index in [9.17, 15) is 9.90 Å². The van der Waals surface area contributed by atoms with Gasteiger partial charge in [-0.1, -0.05) is 24.3 Å². The van der Waals surface area contributed by atoms with Crippen LogP contribution >= 0.6 is 0 Å². The maximum atomic E-state index is 10.7. The summed E-state index contributed by atoms with van der Waals surface area (Å²) >= 11 is 0. The molecule has 0 aliphatic heterocycles. The Bertz CT molecular complexity index is 562. The molecular weight excluding hydrogens is 220 g/mol. The van der Waals surface area contributed by atoms with E-state index in [4.69, 9.17) is 9.84 Å². The Hall–Kier alpha value is -2.23. The number of aliphatic carboxylic acids is 1. The minimum absolute atomic E-state index is 0.149. The van der Waals surface area contributed by atoms with Crippen LogP contribution in [0.15, 0.2) is 36.4 Å². The molecule has 4 nitrogen and oxygen atoms in total. The van der Waals surface area contributed by atoms with Crippen LogP contribution in [0.5, 0.6) is 11.5 Å². The lowest BCUT2D eigenvalue weighted by Gasteiger charge is -2.13. The van der Waals surface area contributed by atoms with E-state index in [1.807, 2.05) is 0 Å². The molecule has 0 saturated carbocycles. The number of rotatable bonds is 3. The second-order valence-electron chi connectivity index (χ2n) is 3.73. The summed E-state index contributed by atoms with van der Waals surface area (Å²) in [7, 11) is 0. The van der Waals surface area contributed by atoms with Gasteiger partial charge in [-0.2, -0.15) is 0 Å². The summed E-state index contributed by atoms with van der Waals surface area (Å²) in [5, 5.41) is 19.8. The molecule has 2 N–H and O–H groups in total. The summed E-state index contributed by atoms with van der Waals surface area (Å²) in [4.78, 5) is 10.7. The van der Waals surface area contributed by atoms with Gasteiger partial charge in [-0.05, 0) is 19.1 Å². The van der Waals surface area contributed by atoms with Crippen LogP contribution in [0.25, 0.3) is 10.8 Å². The molecule has 17 heavy (non-hydrogen) atoms. The maximum Gasteiger partial charge on any atom is 0.344 e. The summed E-state index contributed by atoms with van der Waals surface area (Å²) in [6.45, 7) is 1.46. The first kappa shape index (κ1) is 11.3. The SMILES string of the molecule is CC(Oc1ccc(O)c2ccccc12)C(=O)O. The Labute approximate surface area is 98.1 Å². The second-order valence-corrected chi connectivity index (χ2v) is 3.73. The molecule has 2 rings (SSSR count). The van der Waals surface area contributed by atoms with E-state index in [1.165, 1.54) is 13.0 Å². The van der Waals surface area contributed by atoms with Gasteiger partial charge in [0.1, 0.15) is 11.5 Å². The lowest BCUT2D eigenvalue weighted by atomic mass is 10.1. The van der Waals surface area contributed by atoms with Crippen LogP contribution in [0.4, 0.5) is 0 Å². The summed E-state index contributed by atoms with van der Waals surface area (Å²) < 4.78 is 5.33. The van der Waals surface area contributed by atoms with Crippen molar-refractivity contribution >= 4 is 16.7 Å². The Kier molecular flexibility index (Phi) is 2.87. The van der Waals surface area contributed by atoms with Crippen molar-refractivity contribution in [2.24, 2.45) is 0 Å². The highest BCUT2D eigenvalue weighted by molar-refractivity contribution is 5.93.